The Labute approximate surface area is 84.8 Å². The molecule has 1 aromatic carbocycles. The molecular formula is C10H10F3NO. The summed E-state index contributed by atoms with van der Waals surface area (Å²) in [6.45, 7) is 0. The Morgan fingerprint density at radius 3 is 2.40 bits per heavy atom. The summed E-state index contributed by atoms with van der Waals surface area (Å²) in [5.74, 6) is 0.406. The zero-order valence-electron chi connectivity index (χ0n) is 7.84. The molecule has 2 nitrogen and oxygen atoms in total. The van der Waals surface area contributed by atoms with Crippen LogP contribution < -0.4 is 10.5 Å². The molecule has 0 saturated heterocycles. The van der Waals surface area contributed by atoms with E-state index in [1.54, 1.807) is 0 Å². The molecule has 1 aliphatic rings. The van der Waals surface area contributed by atoms with Crippen LogP contribution in [0.2, 0.25) is 0 Å². The molecule has 0 atom stereocenters. The second-order valence-electron chi connectivity index (χ2n) is 3.56. The number of hydrogen-bond acceptors (Lipinski definition) is 2. The first kappa shape index (κ1) is 10.1. The van der Waals surface area contributed by atoms with Gasteiger partial charge in [0.2, 0.25) is 0 Å². The zero-order valence-corrected chi connectivity index (χ0v) is 7.84. The van der Waals surface area contributed by atoms with Crippen LogP contribution in [0.5, 0.6) is 5.75 Å². The number of nitrogen functional groups attached to an aromatic ring is 1. The van der Waals surface area contributed by atoms with Crippen molar-refractivity contribution < 1.29 is 17.9 Å². The summed E-state index contributed by atoms with van der Waals surface area (Å²) in [6.07, 6.45) is -2.33. The highest BCUT2D eigenvalue weighted by Gasteiger charge is 2.33. The Bertz CT molecular complexity index is 371. The number of rotatable bonds is 2. The van der Waals surface area contributed by atoms with Crippen LogP contribution in [0.15, 0.2) is 18.2 Å². The van der Waals surface area contributed by atoms with Crippen LogP contribution in [0.25, 0.3) is 0 Å². The highest BCUT2D eigenvalue weighted by molar-refractivity contribution is 5.52. The van der Waals surface area contributed by atoms with Crippen molar-refractivity contribution in [1.82, 2.24) is 0 Å². The largest absolute Gasteiger partial charge is 0.490 e. The van der Waals surface area contributed by atoms with Crippen molar-refractivity contribution in [2.75, 3.05) is 5.73 Å². The van der Waals surface area contributed by atoms with Crippen LogP contribution in [-0.2, 0) is 6.18 Å². The van der Waals surface area contributed by atoms with Gasteiger partial charge in [0, 0.05) is 11.8 Å². The third kappa shape index (κ3) is 2.34. The van der Waals surface area contributed by atoms with Crippen molar-refractivity contribution >= 4 is 5.69 Å². The summed E-state index contributed by atoms with van der Waals surface area (Å²) in [4.78, 5) is 0. The van der Waals surface area contributed by atoms with Crippen molar-refractivity contribution in [3.05, 3.63) is 23.8 Å². The van der Waals surface area contributed by atoms with Gasteiger partial charge in [-0.05, 0) is 25.0 Å². The first-order valence-corrected chi connectivity index (χ1v) is 4.60. The van der Waals surface area contributed by atoms with E-state index in [4.69, 9.17) is 10.5 Å². The fourth-order valence-electron chi connectivity index (χ4n) is 1.25. The molecule has 0 unspecified atom stereocenters. The topological polar surface area (TPSA) is 35.2 Å². The van der Waals surface area contributed by atoms with E-state index in [2.05, 4.69) is 0 Å². The van der Waals surface area contributed by atoms with Gasteiger partial charge in [0.05, 0.1) is 11.7 Å². The van der Waals surface area contributed by atoms with Crippen LogP contribution in [0, 0.1) is 0 Å². The lowest BCUT2D eigenvalue weighted by Gasteiger charge is -2.11. The van der Waals surface area contributed by atoms with Crippen LogP contribution in [-0.4, -0.2) is 6.10 Å². The Kier molecular flexibility index (Phi) is 2.25. The normalized spacial score (nSPS) is 16.5. The first-order valence-electron chi connectivity index (χ1n) is 4.60. The molecule has 0 radical (unpaired) electrons. The minimum atomic E-state index is -4.40. The van der Waals surface area contributed by atoms with Gasteiger partial charge in [0.25, 0.3) is 0 Å². The number of alkyl halides is 3. The number of anilines is 1. The maximum Gasteiger partial charge on any atom is 0.418 e. The monoisotopic (exact) mass is 217 g/mol. The standard InChI is InChI=1S/C10H10F3NO/c11-10(12,13)8-4-3-7(5-9(8)14)15-6-1-2-6/h3-6H,1-2,14H2. The third-order valence-corrected chi connectivity index (χ3v) is 2.16. The van der Waals surface area contributed by atoms with E-state index in [9.17, 15) is 13.2 Å². The van der Waals surface area contributed by atoms with Gasteiger partial charge in [-0.2, -0.15) is 13.2 Å². The van der Waals surface area contributed by atoms with Gasteiger partial charge in [-0.25, -0.2) is 0 Å². The Morgan fingerprint density at radius 1 is 1.27 bits per heavy atom. The quantitative estimate of drug-likeness (QED) is 0.773. The van der Waals surface area contributed by atoms with Gasteiger partial charge in [-0.3, -0.25) is 0 Å². The van der Waals surface area contributed by atoms with Crippen molar-refractivity contribution in [3.63, 3.8) is 0 Å². The Morgan fingerprint density at radius 2 is 1.93 bits per heavy atom. The zero-order chi connectivity index (χ0) is 11.1. The lowest BCUT2D eigenvalue weighted by atomic mass is 10.1. The third-order valence-electron chi connectivity index (χ3n) is 2.16. The number of benzene rings is 1. The van der Waals surface area contributed by atoms with Crippen LogP contribution in [0.4, 0.5) is 18.9 Å². The molecule has 0 aromatic heterocycles. The molecule has 2 N–H and O–H groups in total. The number of ether oxygens (including phenoxy) is 1. The van der Waals surface area contributed by atoms with Gasteiger partial charge in [0.1, 0.15) is 5.75 Å². The van der Waals surface area contributed by atoms with Gasteiger partial charge in [-0.15, -0.1) is 0 Å². The highest BCUT2D eigenvalue weighted by Crippen LogP contribution is 2.36. The molecule has 0 heterocycles. The van der Waals surface area contributed by atoms with Gasteiger partial charge >= 0.3 is 6.18 Å². The maximum atomic E-state index is 12.3. The molecule has 82 valence electrons. The molecule has 0 amide bonds. The lowest BCUT2D eigenvalue weighted by molar-refractivity contribution is -0.136. The van der Waals surface area contributed by atoms with E-state index in [-0.39, 0.29) is 11.8 Å². The molecule has 2 rings (SSSR count). The predicted molar refractivity (Wildman–Crippen MR) is 49.5 cm³/mol. The van der Waals surface area contributed by atoms with E-state index in [0.29, 0.717) is 5.75 Å². The maximum absolute atomic E-state index is 12.3. The summed E-state index contributed by atoms with van der Waals surface area (Å²) in [5, 5.41) is 0. The second kappa shape index (κ2) is 3.32. The summed E-state index contributed by atoms with van der Waals surface area (Å²) in [7, 11) is 0. The first-order chi connectivity index (χ1) is 6.97. The molecule has 1 saturated carbocycles. The molecule has 5 heteroatoms. The summed E-state index contributed by atoms with van der Waals surface area (Å²) in [6, 6.07) is 3.48. The van der Waals surface area contributed by atoms with Gasteiger partial charge in [-0.1, -0.05) is 0 Å². The van der Waals surface area contributed by atoms with E-state index in [0.717, 1.165) is 18.9 Å². The van der Waals surface area contributed by atoms with E-state index >= 15 is 0 Å². The molecule has 0 spiro atoms. The van der Waals surface area contributed by atoms with E-state index < -0.39 is 11.7 Å². The van der Waals surface area contributed by atoms with E-state index in [1.807, 2.05) is 0 Å². The van der Waals surface area contributed by atoms with E-state index in [1.165, 1.54) is 12.1 Å². The van der Waals surface area contributed by atoms with Gasteiger partial charge < -0.3 is 10.5 Å². The summed E-state index contributed by atoms with van der Waals surface area (Å²) >= 11 is 0. The number of nitrogens with two attached hydrogens (primary N) is 1. The van der Waals surface area contributed by atoms with Gasteiger partial charge in [0.15, 0.2) is 0 Å². The van der Waals surface area contributed by atoms with Crippen LogP contribution in [0.3, 0.4) is 0 Å². The van der Waals surface area contributed by atoms with Crippen molar-refractivity contribution in [1.29, 1.82) is 0 Å². The SMILES string of the molecule is Nc1cc(OC2CC2)ccc1C(F)(F)F. The Hall–Kier alpha value is -1.39. The summed E-state index contributed by atoms with van der Waals surface area (Å²) < 4.78 is 42.3. The summed E-state index contributed by atoms with van der Waals surface area (Å²) in [5.41, 5.74) is 4.20. The minimum Gasteiger partial charge on any atom is -0.490 e. The highest BCUT2D eigenvalue weighted by atomic mass is 19.4. The molecule has 0 bridgehead atoms. The lowest BCUT2D eigenvalue weighted by Crippen LogP contribution is -2.09. The minimum absolute atomic E-state index is 0.154. The predicted octanol–water partition coefficient (Wildman–Crippen LogP) is 2.83. The van der Waals surface area contributed by atoms with Crippen LogP contribution in [0.1, 0.15) is 18.4 Å². The molecule has 15 heavy (non-hydrogen) atoms. The number of halogens is 3. The average Bonchev–Trinajstić information content (AvgIpc) is 2.85. The molecule has 1 aromatic rings. The smallest absolute Gasteiger partial charge is 0.418 e. The second-order valence-corrected chi connectivity index (χ2v) is 3.56. The molecule has 0 aliphatic heterocycles. The molecule has 1 fully saturated rings. The fourth-order valence-corrected chi connectivity index (χ4v) is 1.25. The van der Waals surface area contributed by atoms with Crippen molar-refractivity contribution in [2.24, 2.45) is 0 Å². The molecular weight excluding hydrogens is 207 g/mol. The van der Waals surface area contributed by atoms with Crippen molar-refractivity contribution in [2.45, 2.75) is 25.1 Å². The van der Waals surface area contributed by atoms with Crippen LogP contribution >= 0.6 is 0 Å². The number of hydrogen-bond donors (Lipinski definition) is 1. The average molecular weight is 217 g/mol. The molecule has 1 aliphatic carbocycles. The Balaban J connectivity index is 2.21. The van der Waals surface area contributed by atoms with Crippen molar-refractivity contribution in [3.8, 4) is 5.75 Å². The fraction of sp³-hybridized carbons (Fsp3) is 0.400.